The molecule has 0 unspecified atom stereocenters. The topological polar surface area (TPSA) is 104 Å². The van der Waals surface area contributed by atoms with Crippen LogP contribution in [0.15, 0.2) is 17.0 Å². The van der Waals surface area contributed by atoms with Crippen molar-refractivity contribution in [3.05, 3.63) is 33.7 Å². The Morgan fingerprint density at radius 3 is 1.85 bits per heavy atom. The number of hydrogen-bond donors (Lipinski definition) is 3. The summed E-state index contributed by atoms with van der Waals surface area (Å²) in [5.41, 5.74) is 1.15. The van der Waals surface area contributed by atoms with Gasteiger partial charge in [0, 0.05) is 17.7 Å². The highest BCUT2D eigenvalue weighted by atomic mass is 32.2. The first-order valence-electron chi connectivity index (χ1n) is 8.89. The molecule has 152 valence electrons. The second kappa shape index (κ2) is 8.02. The minimum atomic E-state index is -3.90. The molecular formula is C20H31NO5S. The first-order valence-corrected chi connectivity index (χ1v) is 10.4. The first kappa shape index (κ1) is 23.2. The van der Waals surface area contributed by atoms with Gasteiger partial charge >= 0.3 is 5.97 Å². The lowest BCUT2D eigenvalue weighted by molar-refractivity contribution is -0.136. The SMILES string of the molecule is CCNS(=O)(=O)/C(=C\c1cc(C(C)(C)C)c(O)c(C(C)(C)C)c1)CC(=O)O. The number of aromatic hydroxyl groups is 1. The number of carboxylic acid groups (broad SMARTS) is 1. The van der Waals surface area contributed by atoms with E-state index in [1.165, 1.54) is 6.08 Å². The monoisotopic (exact) mass is 397 g/mol. The maximum absolute atomic E-state index is 12.4. The van der Waals surface area contributed by atoms with Crippen LogP contribution in [0.4, 0.5) is 0 Å². The average molecular weight is 398 g/mol. The molecule has 0 radical (unpaired) electrons. The average Bonchev–Trinajstić information content (AvgIpc) is 2.45. The molecule has 1 aromatic rings. The molecule has 0 saturated carbocycles. The van der Waals surface area contributed by atoms with Gasteiger partial charge in [-0.1, -0.05) is 48.5 Å². The number of carbonyl (C=O) groups is 1. The number of phenolic OH excluding ortho intramolecular Hbond substituents is 1. The molecule has 0 aliphatic heterocycles. The van der Waals surface area contributed by atoms with Crippen LogP contribution < -0.4 is 4.72 Å². The van der Waals surface area contributed by atoms with Crippen molar-refractivity contribution in [1.82, 2.24) is 4.72 Å². The van der Waals surface area contributed by atoms with Gasteiger partial charge in [-0.3, -0.25) is 4.79 Å². The van der Waals surface area contributed by atoms with E-state index >= 15 is 0 Å². The highest BCUT2D eigenvalue weighted by molar-refractivity contribution is 7.93. The lowest BCUT2D eigenvalue weighted by Crippen LogP contribution is -2.25. The largest absolute Gasteiger partial charge is 0.507 e. The van der Waals surface area contributed by atoms with Crippen molar-refractivity contribution in [2.75, 3.05) is 6.54 Å². The number of sulfonamides is 1. The first-order chi connectivity index (χ1) is 12.1. The summed E-state index contributed by atoms with van der Waals surface area (Å²) in [4.78, 5) is 11.0. The second-order valence-corrected chi connectivity index (χ2v) is 10.5. The Morgan fingerprint density at radius 2 is 1.52 bits per heavy atom. The molecule has 0 bridgehead atoms. The Kier molecular flexibility index (Phi) is 6.89. The van der Waals surface area contributed by atoms with Crippen molar-refractivity contribution in [3.8, 4) is 5.75 Å². The van der Waals surface area contributed by atoms with Crippen molar-refractivity contribution in [1.29, 1.82) is 0 Å². The van der Waals surface area contributed by atoms with Crippen LogP contribution in [0.3, 0.4) is 0 Å². The van der Waals surface area contributed by atoms with Crippen LogP contribution in [0.5, 0.6) is 5.75 Å². The Bertz CT molecular complexity index is 805. The molecule has 27 heavy (non-hydrogen) atoms. The van der Waals surface area contributed by atoms with Crippen LogP contribution in [0.25, 0.3) is 6.08 Å². The number of carboxylic acids is 1. The summed E-state index contributed by atoms with van der Waals surface area (Å²) in [5.74, 6) is -1.05. The molecule has 0 amide bonds. The Morgan fingerprint density at radius 1 is 1.07 bits per heavy atom. The molecule has 0 heterocycles. The normalized spacial score (nSPS) is 13.7. The third kappa shape index (κ3) is 6.07. The van der Waals surface area contributed by atoms with E-state index in [1.807, 2.05) is 41.5 Å². The fourth-order valence-electron chi connectivity index (χ4n) is 2.72. The van der Waals surface area contributed by atoms with Crippen LogP contribution in [0, 0.1) is 0 Å². The zero-order valence-electron chi connectivity index (χ0n) is 17.2. The predicted molar refractivity (Wildman–Crippen MR) is 108 cm³/mol. The minimum Gasteiger partial charge on any atom is -0.507 e. The van der Waals surface area contributed by atoms with Gasteiger partial charge in [0.25, 0.3) is 0 Å². The van der Waals surface area contributed by atoms with Gasteiger partial charge in [-0.15, -0.1) is 0 Å². The summed E-state index contributed by atoms with van der Waals surface area (Å²) in [6.45, 7) is 13.5. The van der Waals surface area contributed by atoms with Crippen LogP contribution in [0.2, 0.25) is 0 Å². The summed E-state index contributed by atoms with van der Waals surface area (Å²) >= 11 is 0. The quantitative estimate of drug-likeness (QED) is 0.678. The number of nitrogens with one attached hydrogen (secondary N) is 1. The van der Waals surface area contributed by atoms with Crippen molar-refractivity contribution in [2.24, 2.45) is 0 Å². The molecule has 0 saturated heterocycles. The molecule has 0 aromatic heterocycles. The van der Waals surface area contributed by atoms with Crippen LogP contribution in [-0.2, 0) is 25.6 Å². The Hall–Kier alpha value is -1.86. The Balaban J connectivity index is 3.76. The van der Waals surface area contributed by atoms with Crippen molar-refractivity contribution in [2.45, 2.75) is 65.7 Å². The summed E-state index contributed by atoms with van der Waals surface area (Å²) in [7, 11) is -3.90. The highest BCUT2D eigenvalue weighted by Crippen LogP contribution is 2.40. The number of phenols is 1. The molecule has 0 aliphatic rings. The van der Waals surface area contributed by atoms with Gasteiger partial charge in [0.05, 0.1) is 11.3 Å². The van der Waals surface area contributed by atoms with Crippen LogP contribution in [-0.4, -0.2) is 31.1 Å². The number of aliphatic carboxylic acids is 1. The molecule has 3 N–H and O–H groups in total. The van der Waals surface area contributed by atoms with Gasteiger partial charge in [-0.05, 0) is 34.6 Å². The number of rotatable bonds is 6. The lowest BCUT2D eigenvalue weighted by atomic mass is 9.78. The molecule has 0 aliphatic carbocycles. The smallest absolute Gasteiger partial charge is 0.308 e. The van der Waals surface area contributed by atoms with E-state index in [2.05, 4.69) is 4.72 Å². The molecule has 1 aromatic carbocycles. The summed E-state index contributed by atoms with van der Waals surface area (Å²) in [6.07, 6.45) is 0.752. The number of hydrogen-bond acceptors (Lipinski definition) is 4. The lowest BCUT2D eigenvalue weighted by Gasteiger charge is -2.28. The fraction of sp³-hybridized carbons (Fsp3) is 0.550. The highest BCUT2D eigenvalue weighted by Gasteiger charge is 2.27. The zero-order chi connectivity index (χ0) is 21.2. The van der Waals surface area contributed by atoms with Gasteiger partial charge in [0.1, 0.15) is 5.75 Å². The summed E-state index contributed by atoms with van der Waals surface area (Å²) in [5, 5.41) is 19.9. The Labute approximate surface area is 162 Å². The molecule has 7 heteroatoms. The molecule has 1 rings (SSSR count). The van der Waals surface area contributed by atoms with E-state index in [0.717, 1.165) is 0 Å². The van der Waals surface area contributed by atoms with Gasteiger partial charge < -0.3 is 10.2 Å². The minimum absolute atomic E-state index is 0.162. The maximum Gasteiger partial charge on any atom is 0.308 e. The molecule has 0 atom stereocenters. The zero-order valence-corrected chi connectivity index (χ0v) is 18.0. The van der Waals surface area contributed by atoms with E-state index in [-0.39, 0.29) is 28.0 Å². The maximum atomic E-state index is 12.4. The van der Waals surface area contributed by atoms with Crippen molar-refractivity contribution < 1.29 is 23.4 Å². The molecule has 0 fully saturated rings. The van der Waals surface area contributed by atoms with E-state index < -0.39 is 22.4 Å². The van der Waals surface area contributed by atoms with Crippen molar-refractivity contribution >= 4 is 22.1 Å². The van der Waals surface area contributed by atoms with Gasteiger partial charge in [0.15, 0.2) is 0 Å². The van der Waals surface area contributed by atoms with Gasteiger partial charge in [-0.25, -0.2) is 13.1 Å². The van der Waals surface area contributed by atoms with Crippen LogP contribution >= 0.6 is 0 Å². The van der Waals surface area contributed by atoms with Crippen molar-refractivity contribution in [3.63, 3.8) is 0 Å². The standard InChI is InChI=1S/C20H31NO5S/c1-8-21-27(25,26)14(12-17(22)23)9-13-10-15(19(2,3)4)18(24)16(11-13)20(5,6)7/h9-11,21,24H,8,12H2,1-7H3,(H,22,23)/b14-9-. The van der Waals surface area contributed by atoms with E-state index in [9.17, 15) is 18.3 Å². The van der Waals surface area contributed by atoms with Gasteiger partial charge in [-0.2, -0.15) is 0 Å². The summed E-state index contributed by atoms with van der Waals surface area (Å²) < 4.78 is 27.2. The van der Waals surface area contributed by atoms with Crippen LogP contribution in [0.1, 0.15) is 71.6 Å². The fourth-order valence-corrected chi connectivity index (χ4v) is 3.89. The third-order valence-electron chi connectivity index (χ3n) is 4.08. The van der Waals surface area contributed by atoms with E-state index in [4.69, 9.17) is 5.11 Å². The van der Waals surface area contributed by atoms with E-state index in [1.54, 1.807) is 19.1 Å². The molecule has 6 nitrogen and oxygen atoms in total. The van der Waals surface area contributed by atoms with Gasteiger partial charge in [0.2, 0.25) is 10.0 Å². The summed E-state index contributed by atoms with van der Waals surface area (Å²) in [6, 6.07) is 3.43. The molecule has 0 spiro atoms. The molecular weight excluding hydrogens is 366 g/mol. The predicted octanol–water partition coefficient (Wildman–Crippen LogP) is 3.74. The number of benzene rings is 1. The second-order valence-electron chi connectivity index (χ2n) is 8.65. The van der Waals surface area contributed by atoms with E-state index in [0.29, 0.717) is 16.7 Å². The third-order valence-corrected chi connectivity index (χ3v) is 5.70.